The van der Waals surface area contributed by atoms with Crippen molar-refractivity contribution >= 4 is 51.8 Å². The van der Waals surface area contributed by atoms with Crippen molar-refractivity contribution in [1.82, 2.24) is 34.6 Å². The quantitative estimate of drug-likeness (QED) is 0.190. The van der Waals surface area contributed by atoms with Crippen molar-refractivity contribution < 1.29 is 24.0 Å². The summed E-state index contributed by atoms with van der Waals surface area (Å²) in [7, 11) is 0. The van der Waals surface area contributed by atoms with E-state index < -0.39 is 11.9 Å². The maximum atomic E-state index is 13.6. The summed E-state index contributed by atoms with van der Waals surface area (Å²) in [5.74, 6) is -0.805. The summed E-state index contributed by atoms with van der Waals surface area (Å²) in [5, 5.41) is 6.27. The number of hydrogen-bond acceptors (Lipinski definition) is 11. The number of imide groups is 1. The molecule has 2 saturated heterocycles. The Bertz CT molecular complexity index is 2290. The number of piperidine rings is 1. The van der Waals surface area contributed by atoms with Crippen LogP contribution in [-0.2, 0) is 27.3 Å². The highest BCUT2D eigenvalue weighted by Gasteiger charge is 2.40. The monoisotopic (exact) mass is 745 g/mol. The fraction of sp³-hybridized carbons (Fsp3) is 0.425. The molecule has 1 aliphatic carbocycles. The van der Waals surface area contributed by atoms with E-state index >= 15 is 0 Å². The number of fused-ring (bicyclic) bond motifs is 2. The number of rotatable bonds is 9. The Kier molecular flexibility index (Phi) is 9.61. The predicted octanol–water partition coefficient (Wildman–Crippen LogP) is 2.93. The van der Waals surface area contributed by atoms with Gasteiger partial charge in [0.05, 0.1) is 30.4 Å². The Balaban J connectivity index is 0.877. The Hall–Kier alpha value is -5.99. The second-order valence-electron chi connectivity index (χ2n) is 14.8. The minimum atomic E-state index is -0.704. The van der Waals surface area contributed by atoms with Gasteiger partial charge < -0.3 is 20.0 Å². The van der Waals surface area contributed by atoms with E-state index in [1.54, 1.807) is 29.8 Å². The van der Waals surface area contributed by atoms with Gasteiger partial charge in [-0.1, -0.05) is 18.9 Å². The third-order valence-electron chi connectivity index (χ3n) is 11.5. The van der Waals surface area contributed by atoms with Crippen LogP contribution < -0.4 is 21.1 Å². The minimum absolute atomic E-state index is 0.0114. The van der Waals surface area contributed by atoms with Crippen LogP contribution in [0.3, 0.4) is 0 Å². The first-order valence-electron chi connectivity index (χ1n) is 19.0. The number of aromatic nitrogens is 4. The number of amides is 4. The Labute approximate surface area is 317 Å². The third kappa shape index (κ3) is 6.83. The Morgan fingerprint density at radius 2 is 1.73 bits per heavy atom. The van der Waals surface area contributed by atoms with Gasteiger partial charge in [0.1, 0.15) is 17.5 Å². The molecule has 3 aromatic heterocycles. The maximum absolute atomic E-state index is 13.6. The number of Topliss-reactive ketones (excluding diaryl/α,β-unsaturated/α-hetero) is 1. The van der Waals surface area contributed by atoms with E-state index in [1.165, 1.54) is 11.8 Å². The summed E-state index contributed by atoms with van der Waals surface area (Å²) in [5.41, 5.74) is 4.76. The number of nitrogens with zero attached hydrogens (tertiary/aromatic N) is 7. The van der Waals surface area contributed by atoms with E-state index in [2.05, 4.69) is 20.5 Å². The van der Waals surface area contributed by atoms with Gasteiger partial charge >= 0.3 is 0 Å². The van der Waals surface area contributed by atoms with Gasteiger partial charge in [0.2, 0.25) is 17.7 Å². The molecule has 0 bridgehead atoms. The van der Waals surface area contributed by atoms with Gasteiger partial charge in [-0.2, -0.15) is 0 Å². The molecule has 8 rings (SSSR count). The fourth-order valence-electron chi connectivity index (χ4n) is 8.49. The first-order chi connectivity index (χ1) is 26.6. The molecule has 0 radical (unpaired) electrons. The molecule has 1 unspecified atom stereocenters. The molecule has 1 aromatic carbocycles. The van der Waals surface area contributed by atoms with Crippen LogP contribution in [0.1, 0.15) is 94.9 Å². The first-order valence-corrected chi connectivity index (χ1v) is 19.0. The number of piperazine rings is 1. The van der Waals surface area contributed by atoms with Gasteiger partial charge in [-0.3, -0.25) is 43.6 Å². The normalized spacial score (nSPS) is 18.9. The van der Waals surface area contributed by atoms with Gasteiger partial charge in [-0.05, 0) is 62.9 Å². The molecule has 2 N–H and O–H groups in total. The van der Waals surface area contributed by atoms with Gasteiger partial charge in [0, 0.05) is 79.3 Å². The molecule has 4 amide bonds. The van der Waals surface area contributed by atoms with E-state index in [-0.39, 0.29) is 66.6 Å². The predicted molar refractivity (Wildman–Crippen MR) is 203 cm³/mol. The number of ketones is 1. The summed E-state index contributed by atoms with van der Waals surface area (Å²) in [6, 6.07) is 8.57. The van der Waals surface area contributed by atoms with Crippen molar-refractivity contribution in [2.45, 2.75) is 77.4 Å². The molecule has 3 aliphatic heterocycles. The minimum Gasteiger partial charge on any atom is -0.376 e. The van der Waals surface area contributed by atoms with Crippen molar-refractivity contribution in [2.75, 3.05) is 42.9 Å². The molecule has 0 spiro atoms. The molecule has 3 fully saturated rings. The number of carbonyl (C=O) groups excluding carboxylic acids is 5. The van der Waals surface area contributed by atoms with Crippen LogP contribution in [0.2, 0.25) is 0 Å². The largest absolute Gasteiger partial charge is 0.376 e. The molecule has 284 valence electrons. The molecule has 15 heteroatoms. The van der Waals surface area contributed by atoms with Gasteiger partial charge in [0.25, 0.3) is 11.5 Å². The standard InChI is InChI=1S/C40H43N9O6/c1-23-29-20-43-33(44-37(29)49(26-6-3-4-7-26)40(55)36(23)24(2)50)18-25-10-11-27(19-41-25)46-14-16-47(17-15-46)35(52)21-42-31-9-5-8-28-30(31)22-48(39(28)54)32-12-13-34(51)45-38(32)53/h5,8-11,19-20,26,32,42H,3-4,6-7,12-18,21-22H2,1-2H3,(H,45,51,53). The number of carbonyl (C=O) groups is 5. The molecule has 6 heterocycles. The van der Waals surface area contributed by atoms with E-state index in [0.29, 0.717) is 60.9 Å². The summed E-state index contributed by atoms with van der Waals surface area (Å²) in [6.07, 6.45) is 8.23. The van der Waals surface area contributed by atoms with Crippen LogP contribution in [0.4, 0.5) is 11.4 Å². The number of anilines is 2. The van der Waals surface area contributed by atoms with Crippen molar-refractivity contribution in [3.63, 3.8) is 0 Å². The molecule has 4 aromatic rings. The zero-order valence-corrected chi connectivity index (χ0v) is 31.0. The molecule has 1 saturated carbocycles. The van der Waals surface area contributed by atoms with Crippen LogP contribution in [-0.4, -0.2) is 97.5 Å². The lowest BCUT2D eigenvalue weighted by Gasteiger charge is -2.36. The number of benzene rings is 1. The van der Waals surface area contributed by atoms with Crippen molar-refractivity contribution in [3.8, 4) is 0 Å². The second kappa shape index (κ2) is 14.7. The van der Waals surface area contributed by atoms with Gasteiger partial charge in [-0.15, -0.1) is 0 Å². The molecule has 1 atom stereocenters. The zero-order chi connectivity index (χ0) is 38.4. The number of pyridine rings is 2. The van der Waals surface area contributed by atoms with Gasteiger partial charge in [-0.25, -0.2) is 9.97 Å². The third-order valence-corrected chi connectivity index (χ3v) is 11.5. The number of hydrogen-bond donors (Lipinski definition) is 2. The second-order valence-corrected chi connectivity index (χ2v) is 14.8. The fourth-order valence-corrected chi connectivity index (χ4v) is 8.49. The summed E-state index contributed by atoms with van der Waals surface area (Å²) in [6.45, 7) is 5.85. The van der Waals surface area contributed by atoms with E-state index in [0.717, 1.165) is 48.0 Å². The molecular formula is C40H43N9O6. The maximum Gasteiger partial charge on any atom is 0.263 e. The molecule has 55 heavy (non-hydrogen) atoms. The van der Waals surface area contributed by atoms with Crippen molar-refractivity contribution in [2.24, 2.45) is 0 Å². The lowest BCUT2D eigenvalue weighted by atomic mass is 10.0. The summed E-state index contributed by atoms with van der Waals surface area (Å²) >= 11 is 0. The van der Waals surface area contributed by atoms with Crippen LogP contribution >= 0.6 is 0 Å². The van der Waals surface area contributed by atoms with E-state index in [1.807, 2.05) is 29.3 Å². The molecule has 4 aliphatic rings. The highest BCUT2D eigenvalue weighted by molar-refractivity contribution is 6.06. The topological polar surface area (TPSA) is 180 Å². The Morgan fingerprint density at radius 3 is 2.44 bits per heavy atom. The lowest BCUT2D eigenvalue weighted by molar-refractivity contribution is -0.137. The van der Waals surface area contributed by atoms with Crippen LogP contribution in [0.15, 0.2) is 47.5 Å². The Morgan fingerprint density at radius 1 is 0.945 bits per heavy atom. The highest BCUT2D eigenvalue weighted by atomic mass is 16.2. The number of nitrogens with one attached hydrogen (secondary N) is 2. The number of aryl methyl sites for hydroxylation is 1. The smallest absolute Gasteiger partial charge is 0.263 e. The van der Waals surface area contributed by atoms with E-state index in [9.17, 15) is 28.8 Å². The summed E-state index contributed by atoms with van der Waals surface area (Å²) < 4.78 is 1.73. The average Bonchev–Trinajstić information content (AvgIpc) is 3.83. The van der Waals surface area contributed by atoms with Crippen molar-refractivity contribution in [1.29, 1.82) is 0 Å². The lowest BCUT2D eigenvalue weighted by Crippen LogP contribution is -2.52. The molecule has 15 nitrogen and oxygen atoms in total. The SMILES string of the molecule is CC(=O)c1c(C)c2cnc(Cc3ccc(N4CCN(C(=O)CNc5cccc6c5CN(C5CCC(=O)NC5=O)C6=O)CC4)cn3)nc2n(C2CCCC2)c1=O. The average molecular weight is 746 g/mol. The van der Waals surface area contributed by atoms with Crippen LogP contribution in [0, 0.1) is 6.92 Å². The van der Waals surface area contributed by atoms with Crippen LogP contribution in [0.25, 0.3) is 11.0 Å². The van der Waals surface area contributed by atoms with E-state index in [4.69, 9.17) is 9.97 Å². The molecular weight excluding hydrogens is 702 g/mol. The first kappa shape index (κ1) is 36.0. The van der Waals surface area contributed by atoms with Crippen LogP contribution in [0.5, 0.6) is 0 Å². The zero-order valence-electron chi connectivity index (χ0n) is 31.0. The highest BCUT2D eigenvalue weighted by Crippen LogP contribution is 2.33. The van der Waals surface area contributed by atoms with Gasteiger partial charge in [0.15, 0.2) is 5.78 Å². The van der Waals surface area contributed by atoms with Crippen molar-refractivity contribution in [3.05, 3.63) is 86.9 Å². The summed E-state index contributed by atoms with van der Waals surface area (Å²) in [4.78, 5) is 96.2.